The molecule has 0 fully saturated rings. The summed E-state index contributed by atoms with van der Waals surface area (Å²) in [6.07, 6.45) is 0.734. The molecule has 8 heteroatoms. The zero-order chi connectivity index (χ0) is 13.3. The van der Waals surface area contributed by atoms with E-state index in [1.54, 1.807) is 0 Å². The average Bonchev–Trinajstić information content (AvgIpc) is 2.80. The van der Waals surface area contributed by atoms with E-state index in [4.69, 9.17) is 23.1 Å². The molecule has 0 aliphatic heterocycles. The quantitative estimate of drug-likeness (QED) is 0.851. The van der Waals surface area contributed by atoms with Crippen LogP contribution in [0, 0.1) is 5.82 Å². The Balaban J connectivity index is 2.37. The van der Waals surface area contributed by atoms with Gasteiger partial charge in [-0.2, -0.15) is 4.37 Å². The Labute approximate surface area is 117 Å². The summed E-state index contributed by atoms with van der Waals surface area (Å²) in [4.78, 5) is 4.46. The lowest BCUT2D eigenvalue weighted by molar-refractivity contribution is 0.604. The monoisotopic (exact) mass is 304 g/mol. The molecule has 1 heterocycles. The predicted octanol–water partition coefficient (Wildman–Crippen LogP) is 3.21. The number of nitrogens with zero attached hydrogens (tertiary/aromatic N) is 2. The van der Waals surface area contributed by atoms with Crippen LogP contribution in [0.15, 0.2) is 15.3 Å². The van der Waals surface area contributed by atoms with Crippen molar-refractivity contribution in [3.8, 4) is 0 Å². The normalized spacial score (nSPS) is 10.8. The SMILES string of the molecule is CCc1nsc(Sc2c(N)cc(N)c(Cl)c2F)n1. The summed E-state index contributed by atoms with van der Waals surface area (Å²) in [5.74, 6) is 0.107. The van der Waals surface area contributed by atoms with Crippen LogP contribution >= 0.6 is 34.9 Å². The van der Waals surface area contributed by atoms with Crippen LogP contribution in [-0.2, 0) is 6.42 Å². The van der Waals surface area contributed by atoms with Crippen molar-refractivity contribution in [1.82, 2.24) is 9.36 Å². The highest BCUT2D eigenvalue weighted by Gasteiger charge is 2.17. The Morgan fingerprint density at radius 2 is 2.17 bits per heavy atom. The van der Waals surface area contributed by atoms with Crippen LogP contribution in [0.25, 0.3) is 0 Å². The highest BCUT2D eigenvalue weighted by molar-refractivity contribution is 8.01. The second kappa shape index (κ2) is 5.29. The smallest absolute Gasteiger partial charge is 0.175 e. The highest BCUT2D eigenvalue weighted by atomic mass is 35.5. The molecule has 0 amide bonds. The number of hydrogen-bond acceptors (Lipinski definition) is 6. The molecule has 1 aromatic heterocycles. The van der Waals surface area contributed by atoms with Crippen LogP contribution in [0.3, 0.4) is 0 Å². The number of anilines is 2. The predicted molar refractivity (Wildman–Crippen MR) is 73.6 cm³/mol. The van der Waals surface area contributed by atoms with Crippen molar-refractivity contribution in [3.63, 3.8) is 0 Å². The zero-order valence-electron chi connectivity index (χ0n) is 9.41. The number of halogens is 2. The van der Waals surface area contributed by atoms with Crippen molar-refractivity contribution in [2.75, 3.05) is 11.5 Å². The Morgan fingerprint density at radius 3 is 2.78 bits per heavy atom. The number of nitrogens with two attached hydrogens (primary N) is 2. The maximum absolute atomic E-state index is 13.9. The second-order valence-corrected chi connectivity index (χ2v) is 5.83. The molecule has 4 N–H and O–H groups in total. The third-order valence-corrected chi connectivity index (χ3v) is 4.47. The molecule has 2 rings (SSSR count). The Kier molecular flexibility index (Phi) is 3.94. The minimum atomic E-state index is -0.618. The Bertz CT molecular complexity index is 587. The molecule has 0 aliphatic carbocycles. The van der Waals surface area contributed by atoms with E-state index in [1.807, 2.05) is 6.92 Å². The first-order valence-electron chi connectivity index (χ1n) is 5.06. The van der Waals surface area contributed by atoms with E-state index in [-0.39, 0.29) is 21.3 Å². The topological polar surface area (TPSA) is 77.8 Å². The van der Waals surface area contributed by atoms with Crippen molar-refractivity contribution < 1.29 is 4.39 Å². The second-order valence-electron chi connectivity index (χ2n) is 3.44. The number of rotatable bonds is 3. The van der Waals surface area contributed by atoms with Gasteiger partial charge >= 0.3 is 0 Å². The maximum Gasteiger partial charge on any atom is 0.175 e. The van der Waals surface area contributed by atoms with Gasteiger partial charge in [-0.15, -0.1) is 0 Å². The lowest BCUT2D eigenvalue weighted by Gasteiger charge is -2.08. The fourth-order valence-corrected chi connectivity index (χ4v) is 3.17. The molecular weight excluding hydrogens is 295 g/mol. The molecule has 0 radical (unpaired) electrons. The summed E-state index contributed by atoms with van der Waals surface area (Å²) >= 11 is 8.06. The van der Waals surface area contributed by atoms with Gasteiger partial charge in [0.05, 0.1) is 16.3 Å². The first-order valence-corrected chi connectivity index (χ1v) is 7.03. The number of benzene rings is 1. The molecule has 0 saturated carbocycles. The molecule has 2 aromatic rings. The number of aromatic nitrogens is 2. The molecule has 0 unspecified atom stereocenters. The van der Waals surface area contributed by atoms with Gasteiger partial charge in [0.2, 0.25) is 0 Å². The highest BCUT2D eigenvalue weighted by Crippen LogP contribution is 2.40. The molecule has 0 atom stereocenters. The van der Waals surface area contributed by atoms with Gasteiger partial charge in [0.1, 0.15) is 10.8 Å². The van der Waals surface area contributed by atoms with Crippen LogP contribution in [0.5, 0.6) is 0 Å². The molecule has 4 nitrogen and oxygen atoms in total. The summed E-state index contributed by atoms with van der Waals surface area (Å²) in [6.45, 7) is 1.95. The van der Waals surface area contributed by atoms with Crippen LogP contribution in [0.4, 0.5) is 15.8 Å². The third kappa shape index (κ3) is 2.52. The van der Waals surface area contributed by atoms with E-state index in [0.29, 0.717) is 4.34 Å². The minimum Gasteiger partial charge on any atom is -0.398 e. The largest absolute Gasteiger partial charge is 0.398 e. The van der Waals surface area contributed by atoms with E-state index < -0.39 is 5.82 Å². The van der Waals surface area contributed by atoms with Crippen molar-refractivity contribution in [3.05, 3.63) is 22.7 Å². The van der Waals surface area contributed by atoms with Gasteiger partial charge in [0.25, 0.3) is 0 Å². The molecule has 18 heavy (non-hydrogen) atoms. The maximum atomic E-state index is 13.9. The van der Waals surface area contributed by atoms with E-state index in [9.17, 15) is 4.39 Å². The van der Waals surface area contributed by atoms with Crippen molar-refractivity contribution in [1.29, 1.82) is 0 Å². The fourth-order valence-electron chi connectivity index (χ4n) is 1.26. The Hall–Kier alpha value is -1.05. The molecule has 0 saturated heterocycles. The van der Waals surface area contributed by atoms with E-state index >= 15 is 0 Å². The summed E-state index contributed by atoms with van der Waals surface area (Å²) in [5.41, 5.74) is 11.6. The molecule has 1 aromatic carbocycles. The number of hydrogen-bond donors (Lipinski definition) is 2. The standard InChI is InChI=1S/C10H10ClFN4S2/c1-2-6-15-10(18-16-6)17-9-5(14)3-4(13)7(11)8(9)12/h3H,2,13-14H2,1H3. The van der Waals surface area contributed by atoms with E-state index in [1.165, 1.54) is 17.6 Å². The van der Waals surface area contributed by atoms with Gasteiger partial charge in [-0.25, -0.2) is 9.37 Å². The van der Waals surface area contributed by atoms with E-state index in [2.05, 4.69) is 9.36 Å². The van der Waals surface area contributed by atoms with Gasteiger partial charge in [-0.3, -0.25) is 0 Å². The first kappa shape index (κ1) is 13.4. The van der Waals surface area contributed by atoms with Crippen LogP contribution < -0.4 is 11.5 Å². The van der Waals surface area contributed by atoms with Crippen molar-refractivity contribution in [2.24, 2.45) is 0 Å². The van der Waals surface area contributed by atoms with Crippen LogP contribution in [-0.4, -0.2) is 9.36 Å². The fraction of sp³-hybridized carbons (Fsp3) is 0.200. The van der Waals surface area contributed by atoms with Crippen LogP contribution in [0.2, 0.25) is 5.02 Å². The van der Waals surface area contributed by atoms with Gasteiger partial charge in [-0.05, 0) is 17.6 Å². The summed E-state index contributed by atoms with van der Waals surface area (Å²) in [7, 11) is 0. The summed E-state index contributed by atoms with van der Waals surface area (Å²) in [6, 6.07) is 1.44. The minimum absolute atomic E-state index is 0.119. The number of aryl methyl sites for hydroxylation is 1. The average molecular weight is 305 g/mol. The molecule has 96 valence electrons. The van der Waals surface area contributed by atoms with Crippen LogP contribution in [0.1, 0.15) is 12.7 Å². The molecule has 0 spiro atoms. The van der Waals surface area contributed by atoms with Gasteiger partial charge < -0.3 is 11.5 Å². The summed E-state index contributed by atoms with van der Waals surface area (Å²) in [5, 5.41) is -0.119. The Morgan fingerprint density at radius 1 is 1.44 bits per heavy atom. The number of nitrogen functional groups attached to an aromatic ring is 2. The lowest BCUT2D eigenvalue weighted by Crippen LogP contribution is -1.98. The van der Waals surface area contributed by atoms with Crippen molar-refractivity contribution >= 4 is 46.3 Å². The van der Waals surface area contributed by atoms with Gasteiger partial charge in [0, 0.05) is 6.42 Å². The molecule has 0 aliphatic rings. The lowest BCUT2D eigenvalue weighted by atomic mass is 10.3. The molecule has 0 bridgehead atoms. The first-order chi connectivity index (χ1) is 8.52. The zero-order valence-corrected chi connectivity index (χ0v) is 11.8. The third-order valence-electron chi connectivity index (χ3n) is 2.17. The van der Waals surface area contributed by atoms with E-state index in [0.717, 1.165) is 24.0 Å². The van der Waals surface area contributed by atoms with Crippen molar-refractivity contribution in [2.45, 2.75) is 22.6 Å². The summed E-state index contributed by atoms with van der Waals surface area (Å²) < 4.78 is 18.7. The van der Waals surface area contributed by atoms with Gasteiger partial charge in [0.15, 0.2) is 10.2 Å². The molecular formula is C10H10ClFN4S2. The van der Waals surface area contributed by atoms with Gasteiger partial charge in [-0.1, -0.05) is 30.3 Å².